The molecule has 0 aliphatic carbocycles. The zero-order valence-electron chi connectivity index (χ0n) is 9.49. The average molecular weight is 369 g/mol. The minimum atomic E-state index is 0.0555. The molecule has 1 atom stereocenters. The lowest BCUT2D eigenvalue weighted by molar-refractivity contribution is 0.210. The van der Waals surface area contributed by atoms with Gasteiger partial charge >= 0.3 is 0 Å². The third-order valence-electron chi connectivity index (χ3n) is 2.93. The number of anilines is 1. The molecular formula is C14H11Br2NO. The number of ether oxygens (including phenoxy) is 1. The molecule has 0 bridgehead atoms. The molecule has 0 aromatic heterocycles. The predicted octanol–water partition coefficient (Wildman–Crippen LogP) is 4.76. The number of halogens is 2. The zero-order valence-corrected chi connectivity index (χ0v) is 12.7. The zero-order chi connectivity index (χ0) is 12.5. The van der Waals surface area contributed by atoms with E-state index in [0.717, 1.165) is 26.9 Å². The highest BCUT2D eigenvalue weighted by molar-refractivity contribution is 9.10. The number of benzene rings is 2. The number of hydrogen-bond acceptors (Lipinski definition) is 2. The molecule has 2 nitrogen and oxygen atoms in total. The van der Waals surface area contributed by atoms with E-state index < -0.39 is 0 Å². The molecule has 2 aromatic rings. The van der Waals surface area contributed by atoms with E-state index in [1.807, 2.05) is 30.3 Å². The van der Waals surface area contributed by atoms with Gasteiger partial charge in [-0.3, -0.25) is 0 Å². The fraction of sp³-hybridized carbons (Fsp3) is 0.143. The Bertz CT molecular complexity index is 569. The Hall–Kier alpha value is -1.00. The van der Waals surface area contributed by atoms with Crippen molar-refractivity contribution in [2.75, 3.05) is 11.9 Å². The topological polar surface area (TPSA) is 21.3 Å². The van der Waals surface area contributed by atoms with Gasteiger partial charge in [0.05, 0.1) is 12.2 Å². The number of fused-ring (bicyclic) bond motifs is 1. The summed E-state index contributed by atoms with van der Waals surface area (Å²) in [6.07, 6.45) is 0.0555. The summed E-state index contributed by atoms with van der Waals surface area (Å²) in [6, 6.07) is 14.3. The molecule has 0 amide bonds. The van der Waals surface area contributed by atoms with E-state index in [1.165, 1.54) is 5.56 Å². The molecule has 1 aliphatic rings. The molecule has 1 heterocycles. The Morgan fingerprint density at radius 2 is 1.72 bits per heavy atom. The van der Waals surface area contributed by atoms with Crippen LogP contribution in [0.15, 0.2) is 51.4 Å². The Kier molecular flexibility index (Phi) is 3.31. The van der Waals surface area contributed by atoms with E-state index in [-0.39, 0.29) is 6.10 Å². The second kappa shape index (κ2) is 4.94. The van der Waals surface area contributed by atoms with Gasteiger partial charge in [-0.15, -0.1) is 0 Å². The van der Waals surface area contributed by atoms with Gasteiger partial charge in [-0.1, -0.05) is 44.0 Å². The third-order valence-corrected chi connectivity index (χ3v) is 3.95. The summed E-state index contributed by atoms with van der Waals surface area (Å²) in [4.78, 5) is 0. The second-order valence-corrected chi connectivity index (χ2v) is 6.01. The first-order valence-corrected chi connectivity index (χ1v) is 7.26. The predicted molar refractivity (Wildman–Crippen MR) is 80.1 cm³/mol. The van der Waals surface area contributed by atoms with Crippen LogP contribution in [0.1, 0.15) is 11.7 Å². The maximum absolute atomic E-state index is 6.03. The smallest absolute Gasteiger partial charge is 0.144 e. The largest absolute Gasteiger partial charge is 0.482 e. The van der Waals surface area contributed by atoms with Gasteiger partial charge in [0.2, 0.25) is 0 Å². The maximum Gasteiger partial charge on any atom is 0.144 e. The standard InChI is InChI=1S/C14H11Br2NO/c15-10-3-1-9(2-4-10)14-8-17-12-6-5-11(16)7-13(12)18-14/h1-7,14,17H,8H2. The molecule has 1 aliphatic heterocycles. The number of nitrogens with one attached hydrogen (secondary N) is 1. The highest BCUT2D eigenvalue weighted by Crippen LogP contribution is 2.36. The van der Waals surface area contributed by atoms with Crippen LogP contribution in [0.5, 0.6) is 5.75 Å². The molecule has 0 saturated heterocycles. The van der Waals surface area contributed by atoms with Crippen molar-refractivity contribution in [3.63, 3.8) is 0 Å². The fourth-order valence-corrected chi connectivity index (χ4v) is 2.61. The van der Waals surface area contributed by atoms with Crippen LogP contribution in [0.25, 0.3) is 0 Å². The average Bonchev–Trinajstić information content (AvgIpc) is 2.38. The maximum atomic E-state index is 6.03. The van der Waals surface area contributed by atoms with E-state index >= 15 is 0 Å². The normalized spacial score (nSPS) is 17.6. The molecule has 92 valence electrons. The lowest BCUT2D eigenvalue weighted by Gasteiger charge is -2.27. The quantitative estimate of drug-likeness (QED) is 0.783. The molecule has 0 radical (unpaired) electrons. The summed E-state index contributed by atoms with van der Waals surface area (Å²) in [5.74, 6) is 0.892. The monoisotopic (exact) mass is 367 g/mol. The fourth-order valence-electron chi connectivity index (χ4n) is 2.00. The first-order chi connectivity index (χ1) is 8.72. The summed E-state index contributed by atoms with van der Waals surface area (Å²) in [7, 11) is 0. The van der Waals surface area contributed by atoms with Crippen LogP contribution in [0, 0.1) is 0 Å². The Morgan fingerprint density at radius 1 is 1.00 bits per heavy atom. The minimum Gasteiger partial charge on any atom is -0.482 e. The summed E-state index contributed by atoms with van der Waals surface area (Å²) in [6.45, 7) is 0.788. The molecule has 3 rings (SSSR count). The lowest BCUT2D eigenvalue weighted by atomic mass is 10.1. The van der Waals surface area contributed by atoms with E-state index in [9.17, 15) is 0 Å². The van der Waals surface area contributed by atoms with Crippen molar-refractivity contribution in [2.45, 2.75) is 6.10 Å². The molecule has 0 spiro atoms. The van der Waals surface area contributed by atoms with Crippen molar-refractivity contribution >= 4 is 37.5 Å². The van der Waals surface area contributed by atoms with E-state index in [2.05, 4.69) is 49.3 Å². The highest BCUT2D eigenvalue weighted by atomic mass is 79.9. The second-order valence-electron chi connectivity index (χ2n) is 4.18. The summed E-state index contributed by atoms with van der Waals surface area (Å²) < 4.78 is 8.14. The van der Waals surface area contributed by atoms with Crippen molar-refractivity contribution in [2.24, 2.45) is 0 Å². The number of rotatable bonds is 1. The van der Waals surface area contributed by atoms with E-state index in [4.69, 9.17) is 4.74 Å². The number of hydrogen-bond donors (Lipinski definition) is 1. The first kappa shape index (κ1) is 12.1. The molecular weight excluding hydrogens is 358 g/mol. The van der Waals surface area contributed by atoms with Crippen LogP contribution in [-0.4, -0.2) is 6.54 Å². The highest BCUT2D eigenvalue weighted by Gasteiger charge is 2.20. The van der Waals surface area contributed by atoms with E-state index in [0.29, 0.717) is 0 Å². The Morgan fingerprint density at radius 3 is 2.50 bits per heavy atom. The molecule has 0 saturated carbocycles. The van der Waals surface area contributed by atoms with Crippen LogP contribution < -0.4 is 10.1 Å². The van der Waals surface area contributed by atoms with E-state index in [1.54, 1.807) is 0 Å². The van der Waals surface area contributed by atoms with Crippen molar-refractivity contribution in [1.29, 1.82) is 0 Å². The van der Waals surface area contributed by atoms with Gasteiger partial charge in [0.15, 0.2) is 0 Å². The molecule has 4 heteroatoms. The summed E-state index contributed by atoms with van der Waals surface area (Å²) in [5, 5.41) is 3.40. The minimum absolute atomic E-state index is 0.0555. The summed E-state index contributed by atoms with van der Waals surface area (Å²) in [5.41, 5.74) is 2.22. The molecule has 2 aromatic carbocycles. The lowest BCUT2D eigenvalue weighted by Crippen LogP contribution is -2.23. The van der Waals surface area contributed by atoms with Crippen LogP contribution in [0.2, 0.25) is 0 Å². The van der Waals surface area contributed by atoms with Gasteiger partial charge in [0.25, 0.3) is 0 Å². The van der Waals surface area contributed by atoms with Gasteiger partial charge in [-0.25, -0.2) is 0 Å². The van der Waals surface area contributed by atoms with Crippen LogP contribution in [0.4, 0.5) is 5.69 Å². The van der Waals surface area contributed by atoms with Gasteiger partial charge < -0.3 is 10.1 Å². The van der Waals surface area contributed by atoms with Gasteiger partial charge in [-0.2, -0.15) is 0 Å². The molecule has 18 heavy (non-hydrogen) atoms. The van der Waals surface area contributed by atoms with Crippen molar-refractivity contribution < 1.29 is 4.74 Å². The first-order valence-electron chi connectivity index (χ1n) is 5.68. The van der Waals surface area contributed by atoms with Crippen LogP contribution in [0.3, 0.4) is 0 Å². The molecule has 1 unspecified atom stereocenters. The van der Waals surface area contributed by atoms with Gasteiger partial charge in [0, 0.05) is 8.95 Å². The van der Waals surface area contributed by atoms with Gasteiger partial charge in [-0.05, 0) is 35.9 Å². The van der Waals surface area contributed by atoms with Crippen molar-refractivity contribution in [3.8, 4) is 5.75 Å². The van der Waals surface area contributed by atoms with Crippen LogP contribution >= 0.6 is 31.9 Å². The SMILES string of the molecule is Brc1ccc(C2CNc3ccc(Br)cc3O2)cc1. The van der Waals surface area contributed by atoms with Crippen molar-refractivity contribution in [3.05, 3.63) is 57.0 Å². The van der Waals surface area contributed by atoms with Gasteiger partial charge in [0.1, 0.15) is 11.9 Å². The summed E-state index contributed by atoms with van der Waals surface area (Å²) >= 11 is 6.90. The Labute approximate surface area is 123 Å². The Balaban J connectivity index is 1.88. The van der Waals surface area contributed by atoms with Crippen molar-refractivity contribution in [1.82, 2.24) is 0 Å². The third kappa shape index (κ3) is 2.40. The van der Waals surface area contributed by atoms with Crippen LogP contribution in [-0.2, 0) is 0 Å². The molecule has 0 fully saturated rings. The molecule has 1 N–H and O–H groups in total.